The molecule has 0 heterocycles. The largest absolute Gasteiger partial charge is 0.507 e. The van der Waals surface area contributed by atoms with Crippen LogP contribution in [0.5, 0.6) is 11.5 Å². The number of phenols is 2. The van der Waals surface area contributed by atoms with Crippen molar-refractivity contribution in [2.24, 2.45) is 0 Å². The molecule has 2 nitrogen and oxygen atoms in total. The van der Waals surface area contributed by atoms with Crippen molar-refractivity contribution in [3.63, 3.8) is 0 Å². The monoisotopic (exact) mass is 332 g/mol. The third kappa shape index (κ3) is 2.62. The number of halogens is 3. The normalized spacial score (nSPS) is 10.7. The molecule has 0 bridgehead atoms. The first-order chi connectivity index (χ1) is 11.0. The average Bonchev–Trinajstić information content (AvgIpc) is 2.53. The molecule has 0 atom stereocenters. The Morgan fingerprint density at radius 1 is 0.696 bits per heavy atom. The molecule has 0 aromatic heterocycles. The number of phenolic OH excluding ortho intramolecular Hbond substituents is 2. The standard InChI is InChI=1S/C18H11ClF2O2/c19-13-9-12(10-5-1-3-7-14(10)22)17(20)18(21)16(13)11-6-2-4-8-15(11)23/h1-9,22-23H. The van der Waals surface area contributed by atoms with Gasteiger partial charge in [0.1, 0.15) is 11.5 Å². The van der Waals surface area contributed by atoms with E-state index in [1.807, 2.05) is 0 Å². The van der Waals surface area contributed by atoms with E-state index in [1.54, 1.807) is 24.3 Å². The molecular formula is C18H11ClF2O2. The van der Waals surface area contributed by atoms with E-state index in [2.05, 4.69) is 0 Å². The predicted molar refractivity (Wildman–Crippen MR) is 85.6 cm³/mol. The summed E-state index contributed by atoms with van der Waals surface area (Å²) in [6.45, 7) is 0. The smallest absolute Gasteiger partial charge is 0.168 e. The molecule has 2 N–H and O–H groups in total. The van der Waals surface area contributed by atoms with Gasteiger partial charge >= 0.3 is 0 Å². The Bertz CT molecular complexity index is 894. The van der Waals surface area contributed by atoms with E-state index in [9.17, 15) is 19.0 Å². The van der Waals surface area contributed by atoms with Crippen LogP contribution in [0.15, 0.2) is 54.6 Å². The lowest BCUT2D eigenvalue weighted by molar-refractivity contribution is 0.473. The van der Waals surface area contributed by atoms with Crippen molar-refractivity contribution >= 4 is 11.6 Å². The lowest BCUT2D eigenvalue weighted by Crippen LogP contribution is -1.96. The van der Waals surface area contributed by atoms with E-state index in [4.69, 9.17) is 11.6 Å². The van der Waals surface area contributed by atoms with E-state index < -0.39 is 11.6 Å². The van der Waals surface area contributed by atoms with E-state index >= 15 is 0 Å². The second kappa shape index (κ2) is 5.89. The van der Waals surface area contributed by atoms with E-state index in [-0.39, 0.29) is 38.8 Å². The average molecular weight is 333 g/mol. The number of hydrogen-bond donors (Lipinski definition) is 2. The van der Waals surface area contributed by atoms with Gasteiger partial charge in [0.25, 0.3) is 0 Å². The molecule has 3 aromatic carbocycles. The molecule has 0 fully saturated rings. The van der Waals surface area contributed by atoms with Crippen LogP contribution in [-0.4, -0.2) is 10.2 Å². The molecular weight excluding hydrogens is 322 g/mol. The molecule has 0 aliphatic rings. The summed E-state index contributed by atoms with van der Waals surface area (Å²) in [6.07, 6.45) is 0. The van der Waals surface area contributed by atoms with Crippen LogP contribution < -0.4 is 0 Å². The lowest BCUT2D eigenvalue weighted by Gasteiger charge is -2.13. The van der Waals surface area contributed by atoms with Gasteiger partial charge in [-0.1, -0.05) is 48.0 Å². The highest BCUT2D eigenvalue weighted by Gasteiger charge is 2.22. The van der Waals surface area contributed by atoms with Crippen LogP contribution >= 0.6 is 11.6 Å². The number of aromatic hydroxyl groups is 2. The lowest BCUT2D eigenvalue weighted by atomic mass is 9.97. The molecule has 5 heteroatoms. The van der Waals surface area contributed by atoms with Crippen molar-refractivity contribution in [1.82, 2.24) is 0 Å². The van der Waals surface area contributed by atoms with Gasteiger partial charge in [-0.3, -0.25) is 0 Å². The maximum Gasteiger partial charge on any atom is 0.168 e. The fourth-order valence-corrected chi connectivity index (χ4v) is 2.72. The zero-order valence-electron chi connectivity index (χ0n) is 11.7. The van der Waals surface area contributed by atoms with E-state index in [0.717, 1.165) is 0 Å². The number of rotatable bonds is 2. The van der Waals surface area contributed by atoms with E-state index in [1.165, 1.54) is 30.3 Å². The van der Waals surface area contributed by atoms with Crippen LogP contribution in [0.25, 0.3) is 22.3 Å². The summed E-state index contributed by atoms with van der Waals surface area (Å²) in [5, 5.41) is 19.6. The highest BCUT2D eigenvalue weighted by atomic mass is 35.5. The zero-order chi connectivity index (χ0) is 16.6. The molecule has 0 amide bonds. The summed E-state index contributed by atoms with van der Waals surface area (Å²) in [7, 11) is 0. The summed E-state index contributed by atoms with van der Waals surface area (Å²) in [5.74, 6) is -2.72. The first kappa shape index (κ1) is 15.3. The molecule has 0 aliphatic heterocycles. The molecule has 116 valence electrons. The van der Waals surface area contributed by atoms with Gasteiger partial charge in [-0.2, -0.15) is 0 Å². The minimum absolute atomic E-state index is 0.0661. The SMILES string of the molecule is Oc1ccccc1-c1cc(Cl)c(-c2ccccc2O)c(F)c1F. The van der Waals surface area contributed by atoms with Crippen molar-refractivity contribution in [3.05, 3.63) is 71.3 Å². The van der Waals surface area contributed by atoms with Crippen LogP contribution in [0.3, 0.4) is 0 Å². The first-order valence-electron chi connectivity index (χ1n) is 6.75. The first-order valence-corrected chi connectivity index (χ1v) is 7.12. The Morgan fingerprint density at radius 2 is 1.22 bits per heavy atom. The molecule has 0 saturated heterocycles. The fourth-order valence-electron chi connectivity index (χ4n) is 2.42. The van der Waals surface area contributed by atoms with Gasteiger partial charge < -0.3 is 10.2 Å². The van der Waals surface area contributed by atoms with Crippen molar-refractivity contribution in [2.45, 2.75) is 0 Å². The molecule has 3 aromatic rings. The molecule has 0 unspecified atom stereocenters. The van der Waals surface area contributed by atoms with Gasteiger partial charge in [-0.05, 0) is 18.2 Å². The second-order valence-electron chi connectivity index (χ2n) is 4.94. The summed E-state index contributed by atoms with van der Waals surface area (Å²) in [4.78, 5) is 0. The molecule has 0 saturated carbocycles. The predicted octanol–water partition coefficient (Wildman–Crippen LogP) is 5.36. The van der Waals surface area contributed by atoms with Crippen LogP contribution in [0.1, 0.15) is 0 Å². The van der Waals surface area contributed by atoms with Gasteiger partial charge in [-0.25, -0.2) is 8.78 Å². The Labute approximate surface area is 136 Å². The molecule has 0 aliphatic carbocycles. The maximum absolute atomic E-state index is 14.6. The second-order valence-corrected chi connectivity index (χ2v) is 5.35. The summed E-state index contributed by atoms with van der Waals surface area (Å²) in [5.41, 5.74) is -0.140. The van der Waals surface area contributed by atoms with Crippen LogP contribution in [-0.2, 0) is 0 Å². The molecule has 0 spiro atoms. The maximum atomic E-state index is 14.6. The Kier molecular flexibility index (Phi) is 3.92. The zero-order valence-corrected chi connectivity index (χ0v) is 12.5. The quantitative estimate of drug-likeness (QED) is 0.620. The Morgan fingerprint density at radius 3 is 1.78 bits per heavy atom. The van der Waals surface area contributed by atoms with Crippen molar-refractivity contribution < 1.29 is 19.0 Å². The summed E-state index contributed by atoms with van der Waals surface area (Å²) in [6, 6.07) is 13.2. The van der Waals surface area contributed by atoms with Crippen LogP contribution in [0.4, 0.5) is 8.78 Å². The molecule has 0 radical (unpaired) electrons. The fraction of sp³-hybridized carbons (Fsp3) is 0. The minimum atomic E-state index is -1.18. The van der Waals surface area contributed by atoms with Gasteiger partial charge in [0, 0.05) is 22.3 Å². The number of para-hydroxylation sites is 2. The minimum Gasteiger partial charge on any atom is -0.507 e. The summed E-state index contributed by atoms with van der Waals surface area (Å²) >= 11 is 6.12. The molecule has 3 rings (SSSR count). The third-order valence-corrected chi connectivity index (χ3v) is 3.82. The van der Waals surface area contributed by atoms with Crippen molar-refractivity contribution in [2.75, 3.05) is 0 Å². The third-order valence-electron chi connectivity index (χ3n) is 3.53. The highest BCUT2D eigenvalue weighted by molar-refractivity contribution is 6.33. The summed E-state index contributed by atoms with van der Waals surface area (Å²) < 4.78 is 29.1. The van der Waals surface area contributed by atoms with Crippen molar-refractivity contribution in [1.29, 1.82) is 0 Å². The molecule has 23 heavy (non-hydrogen) atoms. The van der Waals surface area contributed by atoms with Crippen molar-refractivity contribution in [3.8, 4) is 33.8 Å². The van der Waals surface area contributed by atoms with Crippen LogP contribution in [0.2, 0.25) is 5.02 Å². The Balaban J connectivity index is 2.27. The van der Waals surface area contributed by atoms with Gasteiger partial charge in [0.05, 0.1) is 5.02 Å². The number of benzene rings is 3. The van der Waals surface area contributed by atoms with Gasteiger partial charge in [0.15, 0.2) is 11.6 Å². The van der Waals surface area contributed by atoms with E-state index in [0.29, 0.717) is 0 Å². The topological polar surface area (TPSA) is 40.5 Å². The highest BCUT2D eigenvalue weighted by Crippen LogP contribution is 2.41. The Hall–Kier alpha value is -2.59. The van der Waals surface area contributed by atoms with Gasteiger partial charge in [-0.15, -0.1) is 0 Å². The van der Waals surface area contributed by atoms with Crippen LogP contribution in [0, 0.1) is 11.6 Å². The number of hydrogen-bond acceptors (Lipinski definition) is 2. The van der Waals surface area contributed by atoms with Gasteiger partial charge in [0.2, 0.25) is 0 Å².